The van der Waals surface area contributed by atoms with Crippen LogP contribution in [0.25, 0.3) is 0 Å². The largest absolute Gasteiger partial charge is 0.318 e. The zero-order chi connectivity index (χ0) is 13.2. The molecule has 0 bridgehead atoms. The van der Waals surface area contributed by atoms with Crippen molar-refractivity contribution in [3.63, 3.8) is 0 Å². The fourth-order valence-corrected chi connectivity index (χ4v) is 4.26. The van der Waals surface area contributed by atoms with Crippen molar-refractivity contribution in [3.05, 3.63) is 12.3 Å². The van der Waals surface area contributed by atoms with Gasteiger partial charge in [0.25, 0.3) is 10.0 Å². The fourth-order valence-electron chi connectivity index (χ4n) is 2.47. The summed E-state index contributed by atoms with van der Waals surface area (Å²) in [5, 5.41) is 7.28. The molecule has 0 aliphatic carbocycles. The van der Waals surface area contributed by atoms with Crippen molar-refractivity contribution in [1.82, 2.24) is 19.4 Å². The van der Waals surface area contributed by atoms with E-state index in [1.807, 2.05) is 7.05 Å². The van der Waals surface area contributed by atoms with Gasteiger partial charge in [0.2, 0.25) is 0 Å². The predicted octanol–water partition coefficient (Wildman–Crippen LogP) is 0.183. The van der Waals surface area contributed by atoms with Crippen LogP contribution < -0.4 is 5.32 Å². The molecule has 1 unspecified atom stereocenters. The molecule has 102 valence electrons. The van der Waals surface area contributed by atoms with Crippen molar-refractivity contribution in [2.24, 2.45) is 7.05 Å². The lowest BCUT2D eigenvalue weighted by Gasteiger charge is -2.34. The Bertz CT molecular complexity index is 495. The topological polar surface area (TPSA) is 67.2 Å². The van der Waals surface area contributed by atoms with E-state index in [1.165, 1.54) is 10.9 Å². The van der Waals surface area contributed by atoms with Crippen LogP contribution in [-0.4, -0.2) is 48.7 Å². The first-order chi connectivity index (χ1) is 8.57. The SMILES string of the molecule is CNCC1CCCCN1S(=O)(=O)c1ccnn1C. The highest BCUT2D eigenvalue weighted by Gasteiger charge is 2.34. The molecule has 1 aromatic heterocycles. The van der Waals surface area contributed by atoms with Crippen LogP contribution in [0.1, 0.15) is 19.3 Å². The molecule has 1 aliphatic heterocycles. The maximum absolute atomic E-state index is 12.6. The van der Waals surface area contributed by atoms with Crippen LogP contribution in [0.3, 0.4) is 0 Å². The molecule has 0 saturated carbocycles. The second kappa shape index (κ2) is 5.38. The maximum atomic E-state index is 12.6. The Balaban J connectivity index is 2.30. The van der Waals surface area contributed by atoms with Crippen LogP contribution in [0, 0.1) is 0 Å². The lowest BCUT2D eigenvalue weighted by molar-refractivity contribution is 0.247. The summed E-state index contributed by atoms with van der Waals surface area (Å²) in [6, 6.07) is 1.60. The number of hydrogen-bond donors (Lipinski definition) is 1. The molecule has 1 aliphatic rings. The number of nitrogens with zero attached hydrogens (tertiary/aromatic N) is 3. The lowest BCUT2D eigenvalue weighted by Crippen LogP contribution is -2.48. The Hall–Kier alpha value is -0.920. The van der Waals surface area contributed by atoms with E-state index in [-0.39, 0.29) is 11.1 Å². The Kier molecular flexibility index (Phi) is 4.04. The number of piperidine rings is 1. The summed E-state index contributed by atoms with van der Waals surface area (Å²) in [4.78, 5) is 0. The van der Waals surface area contributed by atoms with Crippen LogP contribution in [0.2, 0.25) is 0 Å². The molecule has 2 heterocycles. The predicted molar refractivity (Wildman–Crippen MR) is 68.7 cm³/mol. The standard InChI is InChI=1S/C11H20N4O2S/c1-12-9-10-5-3-4-8-15(10)18(16,17)11-6-7-13-14(11)2/h6-7,10,12H,3-5,8-9H2,1-2H3. The Morgan fingerprint density at radius 3 is 2.89 bits per heavy atom. The molecule has 1 aromatic rings. The number of likely N-dealkylation sites (N-methyl/N-ethyl adjacent to an activating group) is 1. The number of sulfonamides is 1. The van der Waals surface area contributed by atoms with Gasteiger partial charge >= 0.3 is 0 Å². The maximum Gasteiger partial charge on any atom is 0.260 e. The van der Waals surface area contributed by atoms with Crippen molar-refractivity contribution in [3.8, 4) is 0 Å². The molecule has 1 N–H and O–H groups in total. The highest BCUT2D eigenvalue weighted by atomic mass is 32.2. The van der Waals surface area contributed by atoms with Gasteiger partial charge in [-0.2, -0.15) is 9.40 Å². The fraction of sp³-hybridized carbons (Fsp3) is 0.727. The molecular weight excluding hydrogens is 252 g/mol. The first-order valence-electron chi connectivity index (χ1n) is 6.22. The van der Waals surface area contributed by atoms with Crippen LogP contribution in [-0.2, 0) is 17.1 Å². The average Bonchev–Trinajstić information content (AvgIpc) is 2.77. The van der Waals surface area contributed by atoms with Gasteiger partial charge < -0.3 is 5.32 Å². The Labute approximate surface area is 108 Å². The zero-order valence-corrected chi connectivity index (χ0v) is 11.7. The molecule has 2 rings (SSSR count). The molecule has 1 atom stereocenters. The van der Waals surface area contributed by atoms with Crippen LogP contribution in [0.4, 0.5) is 0 Å². The summed E-state index contributed by atoms with van der Waals surface area (Å²) in [6.45, 7) is 1.29. The van der Waals surface area contributed by atoms with Gasteiger partial charge in [-0.15, -0.1) is 0 Å². The van der Waals surface area contributed by atoms with Crippen molar-refractivity contribution in [2.75, 3.05) is 20.1 Å². The van der Waals surface area contributed by atoms with E-state index in [0.29, 0.717) is 13.1 Å². The van der Waals surface area contributed by atoms with E-state index in [1.54, 1.807) is 17.4 Å². The van der Waals surface area contributed by atoms with E-state index >= 15 is 0 Å². The third-order valence-corrected chi connectivity index (χ3v) is 5.39. The zero-order valence-electron chi connectivity index (χ0n) is 10.8. The summed E-state index contributed by atoms with van der Waals surface area (Å²) >= 11 is 0. The molecule has 0 aromatic carbocycles. The molecule has 18 heavy (non-hydrogen) atoms. The molecule has 6 nitrogen and oxygen atoms in total. The second-order valence-electron chi connectivity index (χ2n) is 4.62. The molecular formula is C11H20N4O2S. The van der Waals surface area contributed by atoms with Gasteiger partial charge in [-0.3, -0.25) is 4.68 Å². The summed E-state index contributed by atoms with van der Waals surface area (Å²) in [5.41, 5.74) is 0. The van der Waals surface area contributed by atoms with E-state index < -0.39 is 10.0 Å². The third kappa shape index (κ3) is 2.43. The minimum absolute atomic E-state index is 0.0450. The summed E-state index contributed by atoms with van der Waals surface area (Å²) < 4.78 is 28.2. The summed E-state index contributed by atoms with van der Waals surface area (Å²) in [5.74, 6) is 0. The van der Waals surface area contributed by atoms with Crippen LogP contribution in [0.5, 0.6) is 0 Å². The third-order valence-electron chi connectivity index (χ3n) is 3.36. The van der Waals surface area contributed by atoms with Gasteiger partial charge in [0.15, 0.2) is 5.03 Å². The van der Waals surface area contributed by atoms with E-state index in [9.17, 15) is 8.42 Å². The number of aryl methyl sites for hydroxylation is 1. The van der Waals surface area contributed by atoms with Gasteiger partial charge in [0.05, 0.1) is 6.20 Å². The number of nitrogens with one attached hydrogen (secondary N) is 1. The number of hydrogen-bond acceptors (Lipinski definition) is 4. The first-order valence-corrected chi connectivity index (χ1v) is 7.66. The van der Waals surface area contributed by atoms with Gasteiger partial charge in [-0.25, -0.2) is 8.42 Å². The Morgan fingerprint density at radius 2 is 2.28 bits per heavy atom. The van der Waals surface area contributed by atoms with Crippen molar-refractivity contribution < 1.29 is 8.42 Å². The molecule has 0 radical (unpaired) electrons. The molecule has 7 heteroatoms. The molecule has 0 amide bonds. The highest BCUT2D eigenvalue weighted by Crippen LogP contribution is 2.24. The second-order valence-corrected chi connectivity index (χ2v) is 6.45. The normalized spacial score (nSPS) is 22.2. The van der Waals surface area contributed by atoms with Gasteiger partial charge in [0.1, 0.15) is 0 Å². The Morgan fingerprint density at radius 1 is 1.50 bits per heavy atom. The van der Waals surface area contributed by atoms with Crippen LogP contribution in [0.15, 0.2) is 17.3 Å². The summed E-state index contributed by atoms with van der Waals surface area (Å²) in [6.07, 6.45) is 4.45. The van der Waals surface area contributed by atoms with Crippen molar-refractivity contribution >= 4 is 10.0 Å². The number of aromatic nitrogens is 2. The van der Waals surface area contributed by atoms with Gasteiger partial charge in [-0.1, -0.05) is 6.42 Å². The van der Waals surface area contributed by atoms with E-state index in [2.05, 4.69) is 10.4 Å². The van der Waals surface area contributed by atoms with Crippen molar-refractivity contribution in [2.45, 2.75) is 30.3 Å². The van der Waals surface area contributed by atoms with E-state index in [0.717, 1.165) is 19.3 Å². The smallest absolute Gasteiger partial charge is 0.260 e. The van der Waals surface area contributed by atoms with Crippen molar-refractivity contribution in [1.29, 1.82) is 0 Å². The lowest BCUT2D eigenvalue weighted by atomic mass is 10.1. The molecule has 1 fully saturated rings. The minimum atomic E-state index is -3.43. The quantitative estimate of drug-likeness (QED) is 0.849. The monoisotopic (exact) mass is 272 g/mol. The minimum Gasteiger partial charge on any atom is -0.318 e. The van der Waals surface area contributed by atoms with Crippen LogP contribution >= 0.6 is 0 Å². The van der Waals surface area contributed by atoms with Gasteiger partial charge in [0, 0.05) is 26.2 Å². The average molecular weight is 272 g/mol. The first kappa shape index (κ1) is 13.5. The number of rotatable bonds is 4. The highest BCUT2D eigenvalue weighted by molar-refractivity contribution is 7.89. The molecule has 1 saturated heterocycles. The van der Waals surface area contributed by atoms with Gasteiger partial charge in [-0.05, 0) is 26.0 Å². The van der Waals surface area contributed by atoms with E-state index in [4.69, 9.17) is 0 Å². The summed E-state index contributed by atoms with van der Waals surface area (Å²) in [7, 11) is 0.0804. The molecule has 0 spiro atoms.